The van der Waals surface area contributed by atoms with Crippen LogP contribution in [0.15, 0.2) is 52.4 Å². The number of hydrogen-bond acceptors (Lipinski definition) is 3. The molecule has 0 saturated heterocycles. The fraction of sp³-hybridized carbons (Fsp3) is 0.424. The van der Waals surface area contributed by atoms with E-state index >= 15 is 0 Å². The second-order valence-electron chi connectivity index (χ2n) is 11.2. The van der Waals surface area contributed by atoms with Gasteiger partial charge in [-0.3, -0.25) is 9.98 Å². The van der Waals surface area contributed by atoms with E-state index < -0.39 is 0 Å². The molecule has 0 aliphatic carbocycles. The number of aromatic nitrogens is 1. The third-order valence-electron chi connectivity index (χ3n) is 6.56. The van der Waals surface area contributed by atoms with Gasteiger partial charge in [-0.2, -0.15) is 0 Å². The van der Waals surface area contributed by atoms with Crippen molar-refractivity contribution < 1.29 is 16.8 Å². The zero-order chi connectivity index (χ0) is 26.6. The topological polar surface area (TPSA) is 37.6 Å². The van der Waals surface area contributed by atoms with Gasteiger partial charge >= 0.3 is 0 Å². The largest absolute Gasteiger partial charge is 0.254 e. The van der Waals surface area contributed by atoms with Crippen molar-refractivity contribution in [3.63, 3.8) is 0 Å². The summed E-state index contributed by atoms with van der Waals surface area (Å²) in [6.45, 7) is 22.2. The van der Waals surface area contributed by atoms with Crippen LogP contribution in [0.4, 0.5) is 11.4 Å². The van der Waals surface area contributed by atoms with Gasteiger partial charge in [-0.05, 0) is 71.9 Å². The van der Waals surface area contributed by atoms with Crippen molar-refractivity contribution >= 4 is 23.8 Å². The first-order chi connectivity index (χ1) is 17.0. The molecule has 0 aliphatic rings. The van der Waals surface area contributed by atoms with Gasteiger partial charge in [0.25, 0.3) is 0 Å². The molecule has 1 radical (unpaired) electrons. The van der Waals surface area contributed by atoms with Crippen LogP contribution in [0.2, 0.25) is 0 Å². The second kappa shape index (κ2) is 13.3. The molecule has 0 spiro atoms. The average Bonchev–Trinajstić information content (AvgIpc) is 2.81. The molecule has 3 rings (SSSR count). The van der Waals surface area contributed by atoms with Crippen LogP contribution in [-0.4, -0.2) is 17.4 Å². The van der Waals surface area contributed by atoms with E-state index in [-0.39, 0.29) is 16.8 Å². The molecule has 3 aromatic rings. The van der Waals surface area contributed by atoms with Crippen LogP contribution in [-0.2, 0) is 16.8 Å². The van der Waals surface area contributed by atoms with E-state index in [0.29, 0.717) is 23.7 Å². The minimum Gasteiger partial charge on any atom is -0.254 e. The molecule has 2 aromatic carbocycles. The molecule has 0 unspecified atom stereocenters. The molecule has 37 heavy (non-hydrogen) atoms. The Balaban J connectivity index is 0.00000481. The van der Waals surface area contributed by atoms with Crippen LogP contribution in [0.1, 0.15) is 124 Å². The molecule has 0 atom stereocenters. The van der Waals surface area contributed by atoms with Crippen molar-refractivity contribution in [2.45, 2.75) is 92.9 Å². The molecule has 4 heteroatoms. The van der Waals surface area contributed by atoms with Crippen molar-refractivity contribution in [1.29, 1.82) is 0 Å². The number of aliphatic imine (C=N–C) groups is 2. The van der Waals surface area contributed by atoms with Crippen LogP contribution in [0.25, 0.3) is 0 Å². The maximum atomic E-state index is 4.97. The van der Waals surface area contributed by atoms with Gasteiger partial charge in [0.1, 0.15) is 0 Å². The maximum Gasteiger partial charge on any atom is 0.0820 e. The van der Waals surface area contributed by atoms with Gasteiger partial charge in [-0.25, -0.2) is 4.98 Å². The van der Waals surface area contributed by atoms with Crippen LogP contribution in [0.5, 0.6) is 0 Å². The van der Waals surface area contributed by atoms with E-state index in [0.717, 1.165) is 22.8 Å². The van der Waals surface area contributed by atoms with Gasteiger partial charge in [-0.1, -0.05) is 96.8 Å². The van der Waals surface area contributed by atoms with E-state index in [1.807, 2.05) is 30.6 Å². The van der Waals surface area contributed by atoms with E-state index in [1.165, 1.54) is 33.4 Å². The van der Waals surface area contributed by atoms with Crippen molar-refractivity contribution in [3.05, 3.63) is 87.2 Å². The minimum atomic E-state index is 0. The molecule has 0 aliphatic heterocycles. The molecule has 3 nitrogen and oxygen atoms in total. The molecule has 0 N–H and O–H groups in total. The molecule has 0 amide bonds. The predicted octanol–water partition coefficient (Wildman–Crippen LogP) is 9.69. The Morgan fingerprint density at radius 1 is 0.568 bits per heavy atom. The molecule has 0 saturated carbocycles. The number of nitrogens with zero attached hydrogens (tertiary/aromatic N) is 3. The van der Waals surface area contributed by atoms with Crippen molar-refractivity contribution in [3.8, 4) is 0 Å². The van der Waals surface area contributed by atoms with Gasteiger partial charge in [-0.15, -0.1) is 0 Å². The summed E-state index contributed by atoms with van der Waals surface area (Å²) in [5.41, 5.74) is 11.5. The zero-order valence-corrected chi connectivity index (χ0v) is 25.2. The molecule has 1 heterocycles. The third kappa shape index (κ3) is 7.72. The van der Waals surface area contributed by atoms with Gasteiger partial charge in [0, 0.05) is 16.8 Å². The van der Waals surface area contributed by atoms with E-state index in [1.54, 1.807) is 0 Å². The molecular formula is C33H43CoN3. The molecular weight excluding hydrogens is 497 g/mol. The fourth-order valence-corrected chi connectivity index (χ4v) is 4.60. The van der Waals surface area contributed by atoms with E-state index in [2.05, 4.69) is 93.5 Å². The minimum absolute atomic E-state index is 0. The Bertz CT molecular complexity index is 1110. The first-order valence-electron chi connectivity index (χ1n) is 13.3. The van der Waals surface area contributed by atoms with Gasteiger partial charge in [0.2, 0.25) is 0 Å². The van der Waals surface area contributed by atoms with Crippen LogP contribution in [0.3, 0.4) is 0 Å². The van der Waals surface area contributed by atoms with E-state index in [9.17, 15) is 0 Å². The maximum absolute atomic E-state index is 4.97. The summed E-state index contributed by atoms with van der Waals surface area (Å²) in [6, 6.07) is 15.1. The molecule has 1 aromatic heterocycles. The Morgan fingerprint density at radius 2 is 0.865 bits per heavy atom. The summed E-state index contributed by atoms with van der Waals surface area (Å²) in [6.07, 6.45) is 3.79. The first kappa shape index (κ1) is 30.7. The zero-order valence-electron chi connectivity index (χ0n) is 24.2. The van der Waals surface area contributed by atoms with Crippen molar-refractivity contribution in [2.75, 3.05) is 0 Å². The second-order valence-corrected chi connectivity index (χ2v) is 11.2. The normalized spacial score (nSPS) is 12.1. The number of rotatable bonds is 8. The fourth-order valence-electron chi connectivity index (χ4n) is 4.60. The Labute approximate surface area is 235 Å². The van der Waals surface area contributed by atoms with Crippen LogP contribution >= 0.6 is 0 Å². The number of pyridine rings is 1. The number of hydrogen-bond donors (Lipinski definition) is 0. The van der Waals surface area contributed by atoms with Crippen LogP contribution < -0.4 is 0 Å². The predicted molar refractivity (Wildman–Crippen MR) is 157 cm³/mol. The summed E-state index contributed by atoms with van der Waals surface area (Å²) in [5, 5.41) is 0. The van der Waals surface area contributed by atoms with Gasteiger partial charge in [0.15, 0.2) is 0 Å². The van der Waals surface area contributed by atoms with Gasteiger partial charge < -0.3 is 0 Å². The SMILES string of the molecule is Cc1cc(C(C)C)c(N=Cc2cccc(C=Nc3c(C(C)C)cc(C)cc3C(C)C)n2)c(C(C)C)c1.[Co]. The van der Waals surface area contributed by atoms with Crippen molar-refractivity contribution in [1.82, 2.24) is 4.98 Å². The quantitative estimate of drug-likeness (QED) is 0.262. The number of benzene rings is 2. The first-order valence-corrected chi connectivity index (χ1v) is 13.3. The molecule has 199 valence electrons. The van der Waals surface area contributed by atoms with E-state index in [4.69, 9.17) is 15.0 Å². The molecule has 0 bridgehead atoms. The number of aryl methyl sites for hydroxylation is 2. The van der Waals surface area contributed by atoms with Gasteiger partial charge in [0.05, 0.1) is 35.2 Å². The molecule has 0 fully saturated rings. The Hall–Kier alpha value is -2.56. The average molecular weight is 541 g/mol. The third-order valence-corrected chi connectivity index (χ3v) is 6.56. The monoisotopic (exact) mass is 540 g/mol. The Morgan fingerprint density at radius 3 is 1.14 bits per heavy atom. The van der Waals surface area contributed by atoms with Crippen LogP contribution in [0, 0.1) is 13.8 Å². The van der Waals surface area contributed by atoms with Crippen molar-refractivity contribution in [2.24, 2.45) is 9.98 Å². The smallest absolute Gasteiger partial charge is 0.0820 e. The summed E-state index contributed by atoms with van der Waals surface area (Å²) < 4.78 is 0. The summed E-state index contributed by atoms with van der Waals surface area (Å²) in [4.78, 5) is 14.8. The standard InChI is InChI=1S/C33H43N3.Co/c1-20(2)28-14-24(9)15-29(21(3)4)32(28)34-18-26-12-11-13-27(36-26)19-35-33-30(22(5)6)16-25(10)17-31(33)23(7)8;/h11-23H,1-10H3;. The summed E-state index contributed by atoms with van der Waals surface area (Å²) in [7, 11) is 0. The summed E-state index contributed by atoms with van der Waals surface area (Å²) >= 11 is 0. The Kier molecular flexibility index (Phi) is 11.0. The summed E-state index contributed by atoms with van der Waals surface area (Å²) in [5.74, 6) is 1.61.